The van der Waals surface area contributed by atoms with E-state index < -0.39 is 11.0 Å². The summed E-state index contributed by atoms with van der Waals surface area (Å²) in [7, 11) is -0.846. The first-order valence-electron chi connectivity index (χ1n) is 4.05. The molecule has 1 aliphatic rings. The highest BCUT2D eigenvalue weighted by Crippen LogP contribution is 2.14. The average Bonchev–Trinajstić information content (AvgIpc) is 2.53. The Morgan fingerprint density at radius 3 is 2.45 bits per heavy atom. The lowest BCUT2D eigenvalue weighted by atomic mass is 10.4. The SMILES string of the molecule is C/C=C(\C)S(=O)N1CCCC1. The van der Waals surface area contributed by atoms with E-state index in [4.69, 9.17) is 0 Å². The van der Waals surface area contributed by atoms with Crippen LogP contribution in [0.5, 0.6) is 0 Å². The van der Waals surface area contributed by atoms with E-state index in [9.17, 15) is 4.21 Å². The Morgan fingerprint density at radius 2 is 2.00 bits per heavy atom. The van der Waals surface area contributed by atoms with Gasteiger partial charge in [-0.3, -0.25) is 0 Å². The Hall–Kier alpha value is -0.150. The topological polar surface area (TPSA) is 20.3 Å². The third-order valence-corrected chi connectivity index (χ3v) is 3.60. The summed E-state index contributed by atoms with van der Waals surface area (Å²) in [5.74, 6) is 0. The fourth-order valence-corrected chi connectivity index (χ4v) is 2.36. The van der Waals surface area contributed by atoms with Gasteiger partial charge >= 0.3 is 0 Å². The van der Waals surface area contributed by atoms with Crippen molar-refractivity contribution >= 4 is 11.0 Å². The summed E-state index contributed by atoms with van der Waals surface area (Å²) in [5.41, 5.74) is 0. The Kier molecular flexibility index (Phi) is 3.27. The molecule has 1 fully saturated rings. The highest BCUT2D eigenvalue weighted by molar-refractivity contribution is 7.86. The standard InChI is InChI=1S/C8H15NOS/c1-3-8(2)11(10)9-6-4-5-7-9/h3H,4-7H2,1-2H3/b8-3+. The minimum Gasteiger partial charge on any atom is -0.238 e. The van der Waals surface area contributed by atoms with Crippen LogP contribution in [0.2, 0.25) is 0 Å². The predicted octanol–water partition coefficient (Wildman–Crippen LogP) is 1.67. The molecular weight excluding hydrogens is 158 g/mol. The molecule has 1 atom stereocenters. The van der Waals surface area contributed by atoms with Gasteiger partial charge in [0.05, 0.1) is 0 Å². The van der Waals surface area contributed by atoms with Crippen molar-refractivity contribution in [2.24, 2.45) is 0 Å². The Labute approximate surface area is 70.9 Å². The van der Waals surface area contributed by atoms with E-state index in [1.54, 1.807) is 0 Å². The van der Waals surface area contributed by atoms with Gasteiger partial charge in [-0.2, -0.15) is 0 Å². The van der Waals surface area contributed by atoms with Gasteiger partial charge in [0, 0.05) is 18.0 Å². The quantitative estimate of drug-likeness (QED) is 0.622. The average molecular weight is 173 g/mol. The third kappa shape index (κ3) is 2.14. The maximum Gasteiger partial charge on any atom is 0.122 e. The molecule has 0 amide bonds. The van der Waals surface area contributed by atoms with Crippen molar-refractivity contribution in [1.82, 2.24) is 4.31 Å². The van der Waals surface area contributed by atoms with Gasteiger partial charge in [0.1, 0.15) is 11.0 Å². The molecule has 0 spiro atoms. The molecule has 0 bridgehead atoms. The van der Waals surface area contributed by atoms with Crippen LogP contribution in [0.3, 0.4) is 0 Å². The Bertz CT molecular complexity index is 183. The molecule has 0 aromatic rings. The molecule has 1 heterocycles. The largest absolute Gasteiger partial charge is 0.238 e. The molecule has 0 saturated carbocycles. The molecule has 0 aliphatic carbocycles. The molecule has 1 unspecified atom stereocenters. The number of rotatable bonds is 2. The van der Waals surface area contributed by atoms with Crippen molar-refractivity contribution in [2.45, 2.75) is 26.7 Å². The number of hydrogen-bond acceptors (Lipinski definition) is 1. The van der Waals surface area contributed by atoms with Crippen molar-refractivity contribution in [3.8, 4) is 0 Å². The van der Waals surface area contributed by atoms with Crippen molar-refractivity contribution in [1.29, 1.82) is 0 Å². The monoisotopic (exact) mass is 173 g/mol. The summed E-state index contributed by atoms with van der Waals surface area (Å²) in [4.78, 5) is 0.979. The number of allylic oxidation sites excluding steroid dienone is 2. The molecular formula is C8H15NOS. The smallest absolute Gasteiger partial charge is 0.122 e. The van der Waals surface area contributed by atoms with Crippen LogP contribution in [0.4, 0.5) is 0 Å². The molecule has 64 valence electrons. The van der Waals surface area contributed by atoms with Gasteiger partial charge in [0.25, 0.3) is 0 Å². The molecule has 3 heteroatoms. The molecule has 0 aromatic carbocycles. The highest BCUT2D eigenvalue weighted by Gasteiger charge is 2.17. The van der Waals surface area contributed by atoms with Gasteiger partial charge in [-0.05, 0) is 26.7 Å². The molecule has 2 nitrogen and oxygen atoms in total. The summed E-state index contributed by atoms with van der Waals surface area (Å²) in [6.45, 7) is 5.85. The number of nitrogens with zero attached hydrogens (tertiary/aromatic N) is 1. The first-order valence-corrected chi connectivity index (χ1v) is 5.16. The molecule has 0 aromatic heterocycles. The van der Waals surface area contributed by atoms with Gasteiger partial charge in [-0.1, -0.05) is 6.08 Å². The second-order valence-electron chi connectivity index (χ2n) is 2.78. The zero-order valence-corrected chi connectivity index (χ0v) is 7.99. The first-order chi connectivity index (χ1) is 5.25. The van der Waals surface area contributed by atoms with Crippen LogP contribution in [0, 0.1) is 0 Å². The maximum absolute atomic E-state index is 11.5. The summed E-state index contributed by atoms with van der Waals surface area (Å²) in [5, 5.41) is 0. The van der Waals surface area contributed by atoms with Gasteiger partial charge < -0.3 is 0 Å². The van der Waals surface area contributed by atoms with Crippen LogP contribution >= 0.6 is 0 Å². The summed E-state index contributed by atoms with van der Waals surface area (Å²) in [6, 6.07) is 0. The Morgan fingerprint density at radius 1 is 1.45 bits per heavy atom. The second kappa shape index (κ2) is 4.02. The minimum atomic E-state index is -0.846. The lowest BCUT2D eigenvalue weighted by molar-refractivity contribution is 0.540. The third-order valence-electron chi connectivity index (χ3n) is 1.98. The van der Waals surface area contributed by atoms with E-state index >= 15 is 0 Å². The maximum atomic E-state index is 11.5. The molecule has 11 heavy (non-hydrogen) atoms. The van der Waals surface area contributed by atoms with E-state index in [0.717, 1.165) is 18.0 Å². The summed E-state index contributed by atoms with van der Waals surface area (Å²) >= 11 is 0. The van der Waals surface area contributed by atoms with Gasteiger partial charge in [-0.15, -0.1) is 0 Å². The summed E-state index contributed by atoms with van der Waals surface area (Å²) in [6.07, 6.45) is 4.32. The van der Waals surface area contributed by atoms with E-state index in [-0.39, 0.29) is 0 Å². The van der Waals surface area contributed by atoms with Gasteiger partial charge in [0.2, 0.25) is 0 Å². The highest BCUT2D eigenvalue weighted by atomic mass is 32.2. The fourth-order valence-electron chi connectivity index (χ4n) is 1.16. The molecule has 0 radical (unpaired) electrons. The van der Waals surface area contributed by atoms with Crippen LogP contribution in [0.25, 0.3) is 0 Å². The second-order valence-corrected chi connectivity index (χ2v) is 4.44. The molecule has 1 saturated heterocycles. The molecule has 1 rings (SSSR count). The van der Waals surface area contributed by atoms with Gasteiger partial charge in [0.15, 0.2) is 0 Å². The first kappa shape index (κ1) is 8.94. The molecule has 1 aliphatic heterocycles. The van der Waals surface area contributed by atoms with Crippen molar-refractivity contribution in [3.05, 3.63) is 11.0 Å². The summed E-state index contributed by atoms with van der Waals surface area (Å²) < 4.78 is 13.6. The van der Waals surface area contributed by atoms with E-state index in [2.05, 4.69) is 0 Å². The van der Waals surface area contributed by atoms with Crippen LogP contribution in [-0.4, -0.2) is 21.6 Å². The van der Waals surface area contributed by atoms with Crippen LogP contribution in [-0.2, 0) is 11.0 Å². The van der Waals surface area contributed by atoms with Crippen molar-refractivity contribution in [2.75, 3.05) is 13.1 Å². The van der Waals surface area contributed by atoms with Crippen molar-refractivity contribution < 1.29 is 4.21 Å². The lowest BCUT2D eigenvalue weighted by Crippen LogP contribution is -2.22. The van der Waals surface area contributed by atoms with Crippen LogP contribution < -0.4 is 0 Å². The molecule has 0 N–H and O–H groups in total. The normalized spacial score (nSPS) is 24.0. The fraction of sp³-hybridized carbons (Fsp3) is 0.750. The minimum absolute atomic E-state index is 0.846. The van der Waals surface area contributed by atoms with Gasteiger partial charge in [-0.25, -0.2) is 8.51 Å². The van der Waals surface area contributed by atoms with Crippen LogP contribution in [0.1, 0.15) is 26.7 Å². The van der Waals surface area contributed by atoms with E-state index in [0.29, 0.717) is 0 Å². The predicted molar refractivity (Wildman–Crippen MR) is 48.4 cm³/mol. The zero-order valence-electron chi connectivity index (χ0n) is 7.17. The van der Waals surface area contributed by atoms with E-state index in [1.165, 1.54) is 12.8 Å². The lowest BCUT2D eigenvalue weighted by Gasteiger charge is -2.12. The zero-order chi connectivity index (χ0) is 8.27. The Balaban J connectivity index is 2.53. The van der Waals surface area contributed by atoms with Crippen molar-refractivity contribution in [3.63, 3.8) is 0 Å². The van der Waals surface area contributed by atoms with E-state index in [1.807, 2.05) is 24.2 Å². The van der Waals surface area contributed by atoms with Crippen LogP contribution in [0.15, 0.2) is 11.0 Å². The number of hydrogen-bond donors (Lipinski definition) is 0.